The maximum atomic E-state index is 6.26. The molecule has 27 heavy (non-hydrogen) atoms. The number of nitrogens with two attached hydrogens (primary N) is 2. The number of benzene rings is 1. The fraction of sp³-hybridized carbons (Fsp3) is 0.591. The van der Waals surface area contributed by atoms with Gasteiger partial charge in [0.25, 0.3) is 0 Å². The molecule has 2 aliphatic rings. The van der Waals surface area contributed by atoms with Crippen molar-refractivity contribution in [3.63, 3.8) is 0 Å². The van der Waals surface area contributed by atoms with Gasteiger partial charge in [-0.3, -0.25) is 0 Å². The lowest BCUT2D eigenvalue weighted by atomic mass is 9.95. The molecule has 0 bridgehead atoms. The van der Waals surface area contributed by atoms with E-state index in [0.717, 1.165) is 48.6 Å². The normalized spacial score (nSPS) is 23.4. The number of anilines is 1. The van der Waals surface area contributed by atoms with E-state index >= 15 is 0 Å². The second-order valence-corrected chi connectivity index (χ2v) is 8.36. The molecular weight excluding hydrogens is 336 g/mol. The van der Waals surface area contributed by atoms with Crippen LogP contribution in [0.1, 0.15) is 70.8 Å². The van der Waals surface area contributed by atoms with Crippen molar-refractivity contribution in [1.82, 2.24) is 4.90 Å². The van der Waals surface area contributed by atoms with Crippen LogP contribution in [-0.4, -0.2) is 29.4 Å². The zero-order valence-electron chi connectivity index (χ0n) is 16.9. The van der Waals surface area contributed by atoms with Crippen LogP contribution in [0.15, 0.2) is 35.1 Å². The number of nitrogens with zero attached hydrogens (tertiary/aromatic N) is 2. The maximum Gasteiger partial charge on any atom is 0.126 e. The molecule has 1 aliphatic heterocycles. The van der Waals surface area contributed by atoms with Gasteiger partial charge in [-0.2, -0.15) is 0 Å². The molecule has 0 amide bonds. The summed E-state index contributed by atoms with van der Waals surface area (Å²) in [6, 6.07) is 6.55. The summed E-state index contributed by atoms with van der Waals surface area (Å²) in [6.45, 7) is 7.67. The summed E-state index contributed by atoms with van der Waals surface area (Å²) >= 11 is 0. The Morgan fingerprint density at radius 1 is 1.41 bits per heavy atom. The maximum absolute atomic E-state index is 6.26. The average molecular weight is 371 g/mol. The number of hydrogen-bond donors (Lipinski definition) is 2. The van der Waals surface area contributed by atoms with E-state index in [0.29, 0.717) is 6.04 Å². The summed E-state index contributed by atoms with van der Waals surface area (Å²) < 4.78 is 6.11. The van der Waals surface area contributed by atoms with Crippen molar-refractivity contribution in [2.45, 2.75) is 76.9 Å². The van der Waals surface area contributed by atoms with Gasteiger partial charge in [0.1, 0.15) is 17.2 Å². The number of allylic oxidation sites excluding steroid dienone is 1. The van der Waals surface area contributed by atoms with Gasteiger partial charge in [-0.05, 0) is 88.1 Å². The van der Waals surface area contributed by atoms with E-state index in [-0.39, 0.29) is 11.5 Å². The predicted octanol–water partition coefficient (Wildman–Crippen LogP) is 4.40. The highest BCUT2D eigenvalue weighted by Crippen LogP contribution is 2.40. The highest BCUT2D eigenvalue weighted by Gasteiger charge is 2.40. The number of rotatable bonds is 7. The summed E-state index contributed by atoms with van der Waals surface area (Å²) in [5.41, 5.74) is 13.8. The summed E-state index contributed by atoms with van der Waals surface area (Å²) in [5.74, 6) is 2.18. The Hall–Kier alpha value is -2.17. The Bertz CT molecular complexity index is 708. The van der Waals surface area contributed by atoms with Gasteiger partial charge < -0.3 is 21.1 Å². The highest BCUT2D eigenvalue weighted by atomic mass is 16.5. The molecule has 1 aromatic rings. The van der Waals surface area contributed by atoms with Crippen molar-refractivity contribution in [2.75, 3.05) is 12.3 Å². The van der Waals surface area contributed by atoms with Crippen molar-refractivity contribution in [3.8, 4) is 5.75 Å². The molecule has 0 radical (unpaired) electrons. The third-order valence-electron chi connectivity index (χ3n) is 5.87. The second-order valence-electron chi connectivity index (χ2n) is 8.36. The Balaban J connectivity index is 1.73. The van der Waals surface area contributed by atoms with Crippen molar-refractivity contribution in [1.29, 1.82) is 0 Å². The SMILES string of the molecule is CC(C/C=C(\N=C/N)N1CCCCC1C)c1cc(OC2(C)CC2)ccc1N. The largest absolute Gasteiger partial charge is 0.488 e. The lowest BCUT2D eigenvalue weighted by Gasteiger charge is -2.35. The van der Waals surface area contributed by atoms with E-state index < -0.39 is 0 Å². The van der Waals surface area contributed by atoms with Crippen LogP contribution in [0, 0.1) is 0 Å². The van der Waals surface area contributed by atoms with Gasteiger partial charge in [0, 0.05) is 18.3 Å². The van der Waals surface area contributed by atoms with Gasteiger partial charge in [0.15, 0.2) is 0 Å². The molecule has 5 nitrogen and oxygen atoms in total. The molecule has 4 N–H and O–H groups in total. The quantitative estimate of drug-likeness (QED) is 0.424. The average Bonchev–Trinajstić information content (AvgIpc) is 3.37. The van der Waals surface area contributed by atoms with E-state index in [2.05, 4.69) is 42.8 Å². The molecule has 1 aromatic carbocycles. The minimum atomic E-state index is 0.0178. The Morgan fingerprint density at radius 2 is 2.19 bits per heavy atom. The molecule has 0 aromatic heterocycles. The van der Waals surface area contributed by atoms with Gasteiger partial charge in [-0.1, -0.05) is 6.92 Å². The highest BCUT2D eigenvalue weighted by molar-refractivity contribution is 5.54. The minimum Gasteiger partial charge on any atom is -0.488 e. The second kappa shape index (κ2) is 8.24. The molecule has 2 fully saturated rings. The first-order valence-corrected chi connectivity index (χ1v) is 10.2. The first-order chi connectivity index (χ1) is 12.9. The van der Waals surface area contributed by atoms with E-state index in [4.69, 9.17) is 16.2 Å². The lowest BCUT2D eigenvalue weighted by Crippen LogP contribution is -2.36. The molecule has 0 spiro atoms. The van der Waals surface area contributed by atoms with Crippen LogP contribution in [-0.2, 0) is 0 Å². The number of piperidine rings is 1. The van der Waals surface area contributed by atoms with Crippen LogP contribution in [0.3, 0.4) is 0 Å². The minimum absolute atomic E-state index is 0.0178. The third kappa shape index (κ3) is 4.96. The van der Waals surface area contributed by atoms with Crippen LogP contribution in [0.25, 0.3) is 0 Å². The molecule has 2 unspecified atom stereocenters. The summed E-state index contributed by atoms with van der Waals surface area (Å²) in [4.78, 5) is 6.82. The van der Waals surface area contributed by atoms with Gasteiger partial charge in [0.2, 0.25) is 0 Å². The monoisotopic (exact) mass is 370 g/mol. The lowest BCUT2D eigenvalue weighted by molar-refractivity contribution is 0.200. The van der Waals surface area contributed by atoms with E-state index in [1.54, 1.807) is 0 Å². The zero-order valence-corrected chi connectivity index (χ0v) is 16.9. The van der Waals surface area contributed by atoms with E-state index in [1.165, 1.54) is 25.6 Å². The zero-order chi connectivity index (χ0) is 19.4. The molecule has 1 saturated carbocycles. The van der Waals surface area contributed by atoms with E-state index in [9.17, 15) is 0 Å². The van der Waals surface area contributed by atoms with Crippen LogP contribution < -0.4 is 16.2 Å². The summed E-state index contributed by atoms with van der Waals surface area (Å²) in [6.07, 6.45) is 10.4. The number of likely N-dealkylation sites (tertiary alicyclic amines) is 1. The Kier molecular flexibility index (Phi) is 5.98. The standard InChI is InChI=1S/C22H34N4O/c1-16(7-10-21(25-15-23)26-13-5-4-6-17(26)2)19-14-18(8-9-20(19)24)27-22(3)11-12-22/h8-10,14-17H,4-7,11-13,24H2,1-3H3,(H2,23,25)/b21-10+. The summed E-state index contributed by atoms with van der Waals surface area (Å²) in [7, 11) is 0. The molecular formula is C22H34N4O. The third-order valence-corrected chi connectivity index (χ3v) is 5.87. The van der Waals surface area contributed by atoms with Crippen LogP contribution in [0.5, 0.6) is 5.75 Å². The summed E-state index contributed by atoms with van der Waals surface area (Å²) in [5, 5.41) is 0. The Labute approximate surface area is 163 Å². The van der Waals surface area contributed by atoms with Gasteiger partial charge in [-0.25, -0.2) is 4.99 Å². The molecule has 5 heteroatoms. The number of aliphatic imine (C=N–C) groups is 1. The molecule has 1 saturated heterocycles. The fourth-order valence-electron chi connectivity index (χ4n) is 3.77. The molecule has 3 rings (SSSR count). The smallest absolute Gasteiger partial charge is 0.126 e. The number of hydrogen-bond acceptors (Lipinski definition) is 4. The van der Waals surface area contributed by atoms with Crippen LogP contribution in [0.2, 0.25) is 0 Å². The predicted molar refractivity (Wildman–Crippen MR) is 113 cm³/mol. The molecule has 2 atom stereocenters. The van der Waals surface area contributed by atoms with Crippen molar-refractivity contribution in [2.24, 2.45) is 10.7 Å². The van der Waals surface area contributed by atoms with Gasteiger partial charge >= 0.3 is 0 Å². The number of nitrogen functional groups attached to an aromatic ring is 1. The number of ether oxygens (including phenoxy) is 1. The molecule has 1 aliphatic carbocycles. The Morgan fingerprint density at radius 3 is 2.85 bits per heavy atom. The van der Waals surface area contributed by atoms with Gasteiger partial charge in [-0.15, -0.1) is 0 Å². The van der Waals surface area contributed by atoms with E-state index in [1.807, 2.05) is 12.1 Å². The first-order valence-electron chi connectivity index (χ1n) is 10.2. The van der Waals surface area contributed by atoms with Gasteiger partial charge in [0.05, 0.1) is 6.34 Å². The topological polar surface area (TPSA) is 76.9 Å². The van der Waals surface area contributed by atoms with Crippen molar-refractivity contribution >= 4 is 12.0 Å². The molecule has 1 heterocycles. The van der Waals surface area contributed by atoms with Crippen LogP contribution in [0.4, 0.5) is 5.69 Å². The van der Waals surface area contributed by atoms with Crippen LogP contribution >= 0.6 is 0 Å². The first kappa shape index (κ1) is 19.6. The van der Waals surface area contributed by atoms with Crippen molar-refractivity contribution in [3.05, 3.63) is 35.7 Å². The van der Waals surface area contributed by atoms with Crippen molar-refractivity contribution < 1.29 is 4.74 Å². The molecule has 148 valence electrons. The fourth-order valence-corrected chi connectivity index (χ4v) is 3.77.